The minimum Gasteiger partial charge on any atom is -0.355 e. The third-order valence-electron chi connectivity index (χ3n) is 4.73. The Kier molecular flexibility index (Phi) is 8.58. The minimum absolute atomic E-state index is 0.00150. The molecule has 150 valence electrons. The maximum atomic E-state index is 13.0. The lowest BCUT2D eigenvalue weighted by Crippen LogP contribution is -2.47. The van der Waals surface area contributed by atoms with Gasteiger partial charge in [0.2, 0.25) is 11.8 Å². The third kappa shape index (κ3) is 6.41. The van der Waals surface area contributed by atoms with Gasteiger partial charge < -0.3 is 10.2 Å². The van der Waals surface area contributed by atoms with E-state index in [0.717, 1.165) is 16.0 Å². The van der Waals surface area contributed by atoms with Gasteiger partial charge in [0.1, 0.15) is 6.04 Å². The topological polar surface area (TPSA) is 49.4 Å². The molecule has 2 rings (SSSR count). The van der Waals surface area contributed by atoms with Crippen molar-refractivity contribution in [2.75, 3.05) is 12.3 Å². The number of nitrogens with zero attached hydrogens (tertiary/aromatic N) is 1. The number of carbonyl (C=O) groups excluding carboxylic acids is 2. The molecule has 0 aliphatic carbocycles. The molecule has 0 spiro atoms. The number of rotatable bonds is 9. The standard InChI is InChI=1S/C23H30N2O2S/c1-5-24-23(27)19(4)25(16-20-9-7-6-8-18(20)3)22(26)14-15-28-21-12-10-17(2)11-13-21/h6-13,19H,5,14-16H2,1-4H3,(H,24,27)/t19-/m0/s1. The van der Waals surface area contributed by atoms with Gasteiger partial charge in [0.05, 0.1) is 0 Å². The van der Waals surface area contributed by atoms with Gasteiger partial charge in [0, 0.05) is 30.2 Å². The molecule has 0 radical (unpaired) electrons. The van der Waals surface area contributed by atoms with Gasteiger partial charge in [0.15, 0.2) is 0 Å². The highest BCUT2D eigenvalue weighted by Crippen LogP contribution is 2.21. The molecule has 28 heavy (non-hydrogen) atoms. The second-order valence-electron chi connectivity index (χ2n) is 6.93. The highest BCUT2D eigenvalue weighted by Gasteiger charge is 2.25. The maximum Gasteiger partial charge on any atom is 0.242 e. The van der Waals surface area contributed by atoms with E-state index in [-0.39, 0.29) is 11.8 Å². The van der Waals surface area contributed by atoms with Crippen LogP contribution >= 0.6 is 11.8 Å². The molecule has 0 aliphatic rings. The Labute approximate surface area is 172 Å². The zero-order valence-electron chi connectivity index (χ0n) is 17.2. The number of benzene rings is 2. The number of amides is 2. The molecular weight excluding hydrogens is 368 g/mol. The summed E-state index contributed by atoms with van der Waals surface area (Å²) in [6.07, 6.45) is 0.397. The van der Waals surface area contributed by atoms with Crippen molar-refractivity contribution in [1.29, 1.82) is 0 Å². The summed E-state index contributed by atoms with van der Waals surface area (Å²) in [7, 11) is 0. The maximum absolute atomic E-state index is 13.0. The summed E-state index contributed by atoms with van der Waals surface area (Å²) in [5.41, 5.74) is 3.41. The average molecular weight is 399 g/mol. The van der Waals surface area contributed by atoms with Gasteiger partial charge in [0.25, 0.3) is 0 Å². The monoisotopic (exact) mass is 398 g/mol. The van der Waals surface area contributed by atoms with E-state index in [1.54, 1.807) is 23.6 Å². The van der Waals surface area contributed by atoms with Gasteiger partial charge in [-0.1, -0.05) is 42.0 Å². The van der Waals surface area contributed by atoms with Gasteiger partial charge in [-0.25, -0.2) is 0 Å². The fourth-order valence-corrected chi connectivity index (χ4v) is 3.75. The van der Waals surface area contributed by atoms with Crippen LogP contribution in [-0.2, 0) is 16.1 Å². The second-order valence-corrected chi connectivity index (χ2v) is 8.10. The first-order chi connectivity index (χ1) is 13.4. The Bertz CT molecular complexity index is 789. The van der Waals surface area contributed by atoms with Gasteiger partial charge in [-0.3, -0.25) is 9.59 Å². The Hall–Kier alpha value is -2.27. The summed E-state index contributed by atoms with van der Waals surface area (Å²) in [5, 5.41) is 2.83. The van der Waals surface area contributed by atoms with E-state index in [9.17, 15) is 9.59 Å². The third-order valence-corrected chi connectivity index (χ3v) is 5.74. The Morgan fingerprint density at radius 3 is 2.39 bits per heavy atom. The molecule has 1 N–H and O–H groups in total. The lowest BCUT2D eigenvalue weighted by molar-refractivity contribution is -0.140. The molecule has 0 aromatic heterocycles. The lowest BCUT2D eigenvalue weighted by Gasteiger charge is -2.29. The zero-order chi connectivity index (χ0) is 20.5. The van der Waals surface area contributed by atoms with E-state index >= 15 is 0 Å². The van der Waals surface area contributed by atoms with Crippen molar-refractivity contribution in [3.05, 3.63) is 65.2 Å². The zero-order valence-corrected chi connectivity index (χ0v) is 18.0. The quantitative estimate of drug-likeness (QED) is 0.639. The van der Waals surface area contributed by atoms with E-state index in [4.69, 9.17) is 0 Å². The molecule has 2 aromatic carbocycles. The van der Waals surface area contributed by atoms with Gasteiger partial charge in [-0.05, 0) is 51.0 Å². The van der Waals surface area contributed by atoms with Crippen molar-refractivity contribution in [2.24, 2.45) is 0 Å². The van der Waals surface area contributed by atoms with Crippen LogP contribution < -0.4 is 5.32 Å². The number of likely N-dealkylation sites (N-methyl/N-ethyl adjacent to an activating group) is 1. The fraction of sp³-hybridized carbons (Fsp3) is 0.391. The van der Waals surface area contributed by atoms with Crippen molar-refractivity contribution >= 4 is 23.6 Å². The average Bonchev–Trinajstić information content (AvgIpc) is 2.68. The van der Waals surface area contributed by atoms with Crippen LogP contribution in [0.25, 0.3) is 0 Å². The summed E-state index contributed by atoms with van der Waals surface area (Å²) in [6.45, 7) is 8.77. The van der Waals surface area contributed by atoms with Crippen LogP contribution in [0.2, 0.25) is 0 Å². The number of nitrogens with one attached hydrogen (secondary N) is 1. The van der Waals surface area contributed by atoms with Crippen molar-refractivity contribution < 1.29 is 9.59 Å². The largest absolute Gasteiger partial charge is 0.355 e. The van der Waals surface area contributed by atoms with Crippen molar-refractivity contribution in [3.8, 4) is 0 Å². The van der Waals surface area contributed by atoms with E-state index in [0.29, 0.717) is 25.3 Å². The summed E-state index contributed by atoms with van der Waals surface area (Å²) < 4.78 is 0. The number of thioether (sulfide) groups is 1. The molecule has 2 aromatic rings. The predicted octanol–water partition coefficient (Wildman–Crippen LogP) is 4.34. The van der Waals surface area contributed by atoms with Crippen LogP contribution in [0.15, 0.2) is 53.4 Å². The molecule has 0 saturated carbocycles. The number of hydrogen-bond donors (Lipinski definition) is 1. The minimum atomic E-state index is -0.503. The van der Waals surface area contributed by atoms with Crippen molar-refractivity contribution in [3.63, 3.8) is 0 Å². The highest BCUT2D eigenvalue weighted by molar-refractivity contribution is 7.99. The fourth-order valence-electron chi connectivity index (χ4n) is 2.91. The smallest absolute Gasteiger partial charge is 0.242 e. The molecule has 1 atom stereocenters. The van der Waals surface area contributed by atoms with E-state index in [2.05, 4.69) is 36.5 Å². The van der Waals surface area contributed by atoms with Crippen molar-refractivity contribution in [2.45, 2.75) is 51.6 Å². The highest BCUT2D eigenvalue weighted by atomic mass is 32.2. The first-order valence-corrected chi connectivity index (χ1v) is 10.7. The van der Waals surface area contributed by atoms with E-state index in [1.807, 2.05) is 38.1 Å². The van der Waals surface area contributed by atoms with E-state index < -0.39 is 6.04 Å². The van der Waals surface area contributed by atoms with Crippen LogP contribution in [0.3, 0.4) is 0 Å². The van der Waals surface area contributed by atoms with Crippen LogP contribution in [0.5, 0.6) is 0 Å². The number of carbonyl (C=O) groups is 2. The summed E-state index contributed by atoms with van der Waals surface area (Å²) in [4.78, 5) is 28.2. The normalized spacial score (nSPS) is 11.7. The van der Waals surface area contributed by atoms with Crippen LogP contribution in [0, 0.1) is 13.8 Å². The summed E-state index contributed by atoms with van der Waals surface area (Å²) in [5.74, 6) is 0.575. The molecule has 4 nitrogen and oxygen atoms in total. The van der Waals surface area contributed by atoms with Crippen molar-refractivity contribution in [1.82, 2.24) is 10.2 Å². The lowest BCUT2D eigenvalue weighted by atomic mass is 10.1. The number of aryl methyl sites for hydroxylation is 2. The Morgan fingerprint density at radius 2 is 1.75 bits per heavy atom. The Balaban J connectivity index is 2.06. The second kappa shape index (κ2) is 10.9. The molecule has 0 saturated heterocycles. The predicted molar refractivity (Wildman–Crippen MR) is 116 cm³/mol. The van der Waals surface area contributed by atoms with Gasteiger partial charge >= 0.3 is 0 Å². The summed E-state index contributed by atoms with van der Waals surface area (Å²) in [6, 6.07) is 15.8. The SMILES string of the molecule is CCNC(=O)[C@H](C)N(Cc1ccccc1C)C(=O)CCSc1ccc(C)cc1. The molecule has 0 bridgehead atoms. The molecular formula is C23H30N2O2S. The first-order valence-electron chi connectivity index (χ1n) is 9.73. The molecule has 5 heteroatoms. The molecule has 0 fully saturated rings. The first kappa shape index (κ1) is 22.0. The van der Waals surface area contributed by atoms with Crippen LogP contribution in [-0.4, -0.2) is 35.1 Å². The molecule has 2 amide bonds. The van der Waals surface area contributed by atoms with E-state index in [1.165, 1.54) is 5.56 Å². The molecule has 0 aliphatic heterocycles. The molecule has 0 unspecified atom stereocenters. The molecule has 0 heterocycles. The van der Waals surface area contributed by atoms with Crippen LogP contribution in [0.4, 0.5) is 0 Å². The van der Waals surface area contributed by atoms with Gasteiger partial charge in [-0.2, -0.15) is 0 Å². The number of hydrogen-bond acceptors (Lipinski definition) is 3. The van der Waals surface area contributed by atoms with Crippen LogP contribution in [0.1, 0.15) is 37.0 Å². The summed E-state index contributed by atoms with van der Waals surface area (Å²) >= 11 is 1.67. The Morgan fingerprint density at radius 1 is 1.07 bits per heavy atom. The van der Waals surface area contributed by atoms with Gasteiger partial charge in [-0.15, -0.1) is 11.8 Å².